The highest BCUT2D eigenvalue weighted by Gasteiger charge is 2.08. The summed E-state index contributed by atoms with van der Waals surface area (Å²) in [7, 11) is 0. The fraction of sp³-hybridized carbons (Fsp3) is 0.0952. The van der Waals surface area contributed by atoms with Crippen LogP contribution in [0.1, 0.15) is 12.5 Å². The molecule has 0 atom stereocenters. The normalized spacial score (nSPS) is 11.5. The summed E-state index contributed by atoms with van der Waals surface area (Å²) in [6.45, 7) is 1.66. The molecule has 0 saturated heterocycles. The van der Waals surface area contributed by atoms with Crippen LogP contribution in [0.2, 0.25) is 0 Å². The fourth-order valence-electron chi connectivity index (χ4n) is 2.69. The van der Waals surface area contributed by atoms with Gasteiger partial charge in [-0.2, -0.15) is 4.99 Å². The van der Waals surface area contributed by atoms with Crippen LogP contribution in [0.3, 0.4) is 0 Å². The Kier molecular flexibility index (Phi) is 6.20. The molecule has 0 fully saturated rings. The van der Waals surface area contributed by atoms with Gasteiger partial charge in [-0.05, 0) is 42.0 Å². The SMILES string of the molecule is C#CCn1c(=NC(=O)/C=C\c2ccc([N+](=O)[O-])cc2)sc2cc(NC(C)=O)ccc21. The summed E-state index contributed by atoms with van der Waals surface area (Å²) in [5.74, 6) is 1.88. The highest BCUT2D eigenvalue weighted by molar-refractivity contribution is 7.16. The van der Waals surface area contributed by atoms with Crippen molar-refractivity contribution in [3.05, 3.63) is 69.0 Å². The molecule has 0 aliphatic heterocycles. The van der Waals surface area contributed by atoms with Crippen LogP contribution in [0.15, 0.2) is 53.5 Å². The molecule has 0 radical (unpaired) electrons. The molecule has 3 rings (SSSR count). The van der Waals surface area contributed by atoms with Crippen LogP contribution >= 0.6 is 11.3 Å². The maximum absolute atomic E-state index is 12.3. The second-order valence-electron chi connectivity index (χ2n) is 6.17. The lowest BCUT2D eigenvalue weighted by Gasteiger charge is -2.03. The van der Waals surface area contributed by atoms with Crippen molar-refractivity contribution in [3.8, 4) is 12.3 Å². The van der Waals surface area contributed by atoms with Gasteiger partial charge in [-0.15, -0.1) is 6.42 Å². The molecule has 0 saturated carbocycles. The number of thiazole rings is 1. The first-order chi connectivity index (χ1) is 14.4. The Bertz CT molecular complexity index is 1280. The van der Waals surface area contributed by atoms with Crippen molar-refractivity contribution in [1.29, 1.82) is 0 Å². The third kappa shape index (κ3) is 4.87. The number of terminal acetylenes is 1. The lowest BCUT2D eigenvalue weighted by atomic mass is 10.2. The molecule has 30 heavy (non-hydrogen) atoms. The molecular weight excluding hydrogens is 404 g/mol. The van der Waals surface area contributed by atoms with E-state index in [9.17, 15) is 19.7 Å². The van der Waals surface area contributed by atoms with Gasteiger partial charge in [0.05, 0.1) is 21.7 Å². The van der Waals surface area contributed by atoms with E-state index in [2.05, 4.69) is 16.2 Å². The van der Waals surface area contributed by atoms with Crippen molar-refractivity contribution >= 4 is 50.8 Å². The van der Waals surface area contributed by atoms with Gasteiger partial charge in [0.1, 0.15) is 0 Å². The van der Waals surface area contributed by atoms with Crippen molar-refractivity contribution in [2.75, 3.05) is 5.32 Å². The molecule has 0 unspecified atom stereocenters. The van der Waals surface area contributed by atoms with E-state index in [-0.39, 0.29) is 18.1 Å². The first-order valence-corrected chi connectivity index (χ1v) is 9.54. The van der Waals surface area contributed by atoms with E-state index in [1.54, 1.807) is 28.8 Å². The minimum atomic E-state index is -0.493. The van der Waals surface area contributed by atoms with E-state index in [0.717, 1.165) is 10.2 Å². The molecule has 0 aliphatic rings. The first kappa shape index (κ1) is 20.7. The van der Waals surface area contributed by atoms with E-state index >= 15 is 0 Å². The summed E-state index contributed by atoms with van der Waals surface area (Å²) in [5.41, 5.74) is 2.05. The Morgan fingerprint density at radius 2 is 2.03 bits per heavy atom. The number of hydrogen-bond acceptors (Lipinski definition) is 5. The number of nitrogens with zero attached hydrogens (tertiary/aromatic N) is 3. The summed E-state index contributed by atoms with van der Waals surface area (Å²) >= 11 is 1.28. The van der Waals surface area contributed by atoms with E-state index in [0.29, 0.717) is 16.1 Å². The Balaban J connectivity index is 1.92. The average molecular weight is 420 g/mol. The lowest BCUT2D eigenvalue weighted by Crippen LogP contribution is -2.15. The monoisotopic (exact) mass is 420 g/mol. The van der Waals surface area contributed by atoms with Crippen molar-refractivity contribution in [2.24, 2.45) is 4.99 Å². The van der Waals surface area contributed by atoms with Crippen LogP contribution in [0.4, 0.5) is 11.4 Å². The molecule has 0 bridgehead atoms. The van der Waals surface area contributed by atoms with Gasteiger partial charge in [-0.25, -0.2) is 0 Å². The molecule has 0 aliphatic carbocycles. The van der Waals surface area contributed by atoms with E-state index < -0.39 is 10.8 Å². The zero-order chi connectivity index (χ0) is 21.7. The number of nitro benzene ring substituents is 1. The Morgan fingerprint density at radius 1 is 1.30 bits per heavy atom. The Morgan fingerprint density at radius 3 is 2.67 bits per heavy atom. The van der Waals surface area contributed by atoms with Crippen molar-refractivity contribution in [3.63, 3.8) is 0 Å². The number of nitro groups is 1. The molecule has 0 spiro atoms. The number of carbonyl (C=O) groups excluding carboxylic acids is 2. The summed E-state index contributed by atoms with van der Waals surface area (Å²) in [6, 6.07) is 11.2. The number of rotatable bonds is 5. The predicted octanol–water partition coefficient (Wildman–Crippen LogP) is 3.34. The molecule has 2 aromatic carbocycles. The van der Waals surface area contributed by atoms with E-state index in [4.69, 9.17) is 6.42 Å². The predicted molar refractivity (Wildman–Crippen MR) is 116 cm³/mol. The zero-order valence-corrected chi connectivity index (χ0v) is 16.7. The third-order valence-corrected chi connectivity index (χ3v) is 5.02. The number of nitrogens with one attached hydrogen (secondary N) is 1. The molecule has 9 heteroatoms. The highest BCUT2D eigenvalue weighted by atomic mass is 32.1. The molecule has 8 nitrogen and oxygen atoms in total. The van der Waals surface area contributed by atoms with Crippen molar-refractivity contribution < 1.29 is 14.5 Å². The van der Waals surface area contributed by atoms with Crippen LogP contribution in [-0.2, 0) is 16.1 Å². The number of non-ortho nitro benzene ring substituents is 1. The Labute approximate surface area is 175 Å². The maximum atomic E-state index is 12.3. The first-order valence-electron chi connectivity index (χ1n) is 8.73. The second kappa shape index (κ2) is 8.98. The van der Waals surface area contributed by atoms with Gasteiger partial charge in [0.25, 0.3) is 11.6 Å². The lowest BCUT2D eigenvalue weighted by molar-refractivity contribution is -0.384. The van der Waals surface area contributed by atoms with Crippen molar-refractivity contribution in [2.45, 2.75) is 13.5 Å². The molecule has 1 aromatic heterocycles. The van der Waals surface area contributed by atoms with Gasteiger partial charge in [-0.3, -0.25) is 19.7 Å². The fourth-order valence-corrected chi connectivity index (χ4v) is 3.76. The van der Waals surface area contributed by atoms with E-state index in [1.807, 2.05) is 6.07 Å². The summed E-state index contributed by atoms with van der Waals surface area (Å²) in [6.07, 6.45) is 8.28. The number of aromatic nitrogens is 1. The van der Waals surface area contributed by atoms with Crippen LogP contribution in [-0.4, -0.2) is 21.3 Å². The highest BCUT2D eigenvalue weighted by Crippen LogP contribution is 2.22. The van der Waals surface area contributed by atoms with E-state index in [1.165, 1.54) is 42.5 Å². The Hall–Kier alpha value is -4.03. The second-order valence-corrected chi connectivity index (χ2v) is 7.18. The maximum Gasteiger partial charge on any atom is 0.272 e. The summed E-state index contributed by atoms with van der Waals surface area (Å²) in [5, 5.41) is 13.4. The number of amides is 2. The van der Waals surface area contributed by atoms with Gasteiger partial charge in [0.2, 0.25) is 5.91 Å². The van der Waals surface area contributed by atoms with Gasteiger partial charge in [0.15, 0.2) is 4.80 Å². The van der Waals surface area contributed by atoms with Gasteiger partial charge in [0, 0.05) is 30.8 Å². The zero-order valence-electron chi connectivity index (χ0n) is 15.9. The quantitative estimate of drug-likeness (QED) is 0.296. The molecule has 150 valence electrons. The van der Waals surface area contributed by atoms with Crippen LogP contribution in [0, 0.1) is 22.5 Å². The largest absolute Gasteiger partial charge is 0.326 e. The number of carbonyl (C=O) groups is 2. The third-order valence-electron chi connectivity index (χ3n) is 3.98. The molecule has 2 amide bonds. The van der Waals surface area contributed by atoms with Gasteiger partial charge in [-0.1, -0.05) is 17.3 Å². The van der Waals surface area contributed by atoms with Gasteiger partial charge < -0.3 is 9.88 Å². The van der Waals surface area contributed by atoms with Crippen molar-refractivity contribution in [1.82, 2.24) is 4.57 Å². The standard InChI is InChI=1S/C21H16N4O4S/c1-3-12-24-18-10-7-16(22-14(2)26)13-19(18)30-21(24)23-20(27)11-6-15-4-8-17(9-5-15)25(28)29/h1,4-11,13H,12H2,2H3,(H,22,26)/b11-6-,23-21?. The van der Waals surface area contributed by atoms with Crippen LogP contribution < -0.4 is 10.1 Å². The summed E-state index contributed by atoms with van der Waals surface area (Å²) in [4.78, 5) is 38.4. The smallest absolute Gasteiger partial charge is 0.272 e. The molecule has 1 N–H and O–H groups in total. The number of fused-ring (bicyclic) bond motifs is 1. The molecule has 3 aromatic rings. The molecule has 1 heterocycles. The molecular formula is C21H16N4O4S. The topological polar surface area (TPSA) is 107 Å². The average Bonchev–Trinajstić information content (AvgIpc) is 3.03. The number of benzene rings is 2. The minimum Gasteiger partial charge on any atom is -0.326 e. The minimum absolute atomic E-state index is 0.0256. The summed E-state index contributed by atoms with van der Waals surface area (Å²) < 4.78 is 2.57. The van der Waals surface area contributed by atoms with Gasteiger partial charge >= 0.3 is 0 Å². The number of anilines is 1. The number of hydrogen-bond donors (Lipinski definition) is 1. The van der Waals surface area contributed by atoms with Crippen LogP contribution in [0.5, 0.6) is 0 Å². The van der Waals surface area contributed by atoms with Crippen LogP contribution in [0.25, 0.3) is 16.3 Å².